The van der Waals surface area contributed by atoms with Gasteiger partial charge in [-0.3, -0.25) is 4.57 Å². The van der Waals surface area contributed by atoms with Crippen LogP contribution >= 0.6 is 0 Å². The number of rotatable bonds is 1. The summed E-state index contributed by atoms with van der Waals surface area (Å²) in [6, 6.07) is 28.4. The van der Waals surface area contributed by atoms with Crippen LogP contribution in [0, 0.1) is 0 Å². The van der Waals surface area contributed by atoms with Crippen LogP contribution in [0.1, 0.15) is 0 Å². The molecule has 5 heteroatoms. The van der Waals surface area contributed by atoms with Gasteiger partial charge < -0.3 is 4.40 Å². The van der Waals surface area contributed by atoms with Gasteiger partial charge in [-0.2, -0.15) is 0 Å². The van der Waals surface area contributed by atoms with Crippen LogP contribution in [-0.2, 0) is 0 Å². The molecule has 148 valence electrons. The van der Waals surface area contributed by atoms with Gasteiger partial charge in [-0.05, 0) is 29.7 Å². The molecule has 0 amide bonds. The second kappa shape index (κ2) is 5.59. The van der Waals surface area contributed by atoms with E-state index in [9.17, 15) is 0 Å². The predicted octanol–water partition coefficient (Wildman–Crippen LogP) is 6.12. The zero-order chi connectivity index (χ0) is 20.8. The molecule has 0 saturated heterocycles. The van der Waals surface area contributed by atoms with Crippen LogP contribution in [0.15, 0.2) is 91.5 Å². The maximum Gasteiger partial charge on any atom is 0.237 e. The third-order valence-electron chi connectivity index (χ3n) is 6.70. The van der Waals surface area contributed by atoms with E-state index < -0.39 is 0 Å². The number of hydrogen-bond donors (Lipinski definition) is 0. The van der Waals surface area contributed by atoms with E-state index in [0.717, 1.165) is 11.0 Å². The fourth-order valence-corrected chi connectivity index (χ4v) is 5.55. The van der Waals surface area contributed by atoms with Crippen molar-refractivity contribution in [3.63, 3.8) is 0 Å². The molecule has 0 spiro atoms. The van der Waals surface area contributed by atoms with Crippen LogP contribution in [0.25, 0.3) is 65.8 Å². The summed E-state index contributed by atoms with van der Waals surface area (Å²) in [6.07, 6.45) is 3.11. The van der Waals surface area contributed by atoms with Gasteiger partial charge in [0.2, 0.25) is 5.95 Å². The Balaban J connectivity index is 1.81. The quantitative estimate of drug-likeness (QED) is 0.328. The maximum absolute atomic E-state index is 4.48. The van der Waals surface area contributed by atoms with Crippen molar-refractivity contribution in [3.05, 3.63) is 91.5 Å². The summed E-state index contributed by atoms with van der Waals surface area (Å²) in [4.78, 5) is 13.0. The van der Waals surface area contributed by atoms with Gasteiger partial charge in [-0.15, -0.1) is 0 Å². The molecule has 0 aliphatic rings. The Morgan fingerprint density at radius 3 is 1.97 bits per heavy atom. The molecule has 4 aromatic heterocycles. The van der Waals surface area contributed by atoms with E-state index in [4.69, 9.17) is 0 Å². The lowest BCUT2D eigenvalue weighted by atomic mass is 10.0. The summed E-state index contributed by atoms with van der Waals surface area (Å²) in [6.45, 7) is 0. The molecular weight excluding hydrogens is 394 g/mol. The van der Waals surface area contributed by atoms with E-state index in [2.05, 4.69) is 103 Å². The monoisotopic (exact) mass is 409 g/mol. The van der Waals surface area contributed by atoms with E-state index in [1.807, 2.05) is 0 Å². The molecule has 0 atom stereocenters. The molecule has 32 heavy (non-hydrogen) atoms. The molecule has 0 N–H and O–H groups in total. The third-order valence-corrected chi connectivity index (χ3v) is 6.70. The van der Waals surface area contributed by atoms with E-state index in [-0.39, 0.29) is 0 Å². The van der Waals surface area contributed by atoms with Gasteiger partial charge in [-0.1, -0.05) is 54.6 Å². The minimum absolute atomic E-state index is 0.630. The number of fused-ring (bicyclic) bond motifs is 5. The van der Waals surface area contributed by atoms with Gasteiger partial charge in [0.15, 0.2) is 0 Å². The Hall–Kier alpha value is -4.51. The molecule has 0 unspecified atom stereocenters. The Bertz CT molecular complexity index is 1980. The lowest BCUT2D eigenvalue weighted by molar-refractivity contribution is 0.940. The first-order valence-electron chi connectivity index (χ1n) is 10.6. The SMILES string of the molecule is c1ccc2c(c1)c1cccc3c4cccc5c4c4c(cccc4n2c31)n5-c1ncncn1. The number of hydrogen-bond acceptors (Lipinski definition) is 3. The smallest absolute Gasteiger partial charge is 0.237 e. The molecule has 0 saturated carbocycles. The fraction of sp³-hybridized carbons (Fsp3) is 0. The normalized spacial score (nSPS) is 12.4. The van der Waals surface area contributed by atoms with E-state index in [0.29, 0.717) is 5.95 Å². The largest absolute Gasteiger partial charge is 0.308 e. The van der Waals surface area contributed by atoms with Gasteiger partial charge in [0.25, 0.3) is 0 Å². The van der Waals surface area contributed by atoms with Crippen LogP contribution in [-0.4, -0.2) is 23.9 Å². The molecular formula is C27H15N5. The third kappa shape index (κ3) is 1.79. The van der Waals surface area contributed by atoms with Gasteiger partial charge in [0.05, 0.1) is 27.6 Å². The highest BCUT2D eigenvalue weighted by Gasteiger charge is 2.21. The Morgan fingerprint density at radius 1 is 0.500 bits per heavy atom. The summed E-state index contributed by atoms with van der Waals surface area (Å²) in [5.74, 6) is 0.630. The highest BCUT2D eigenvalue weighted by molar-refractivity contribution is 6.31. The number of aromatic nitrogens is 5. The highest BCUT2D eigenvalue weighted by Crippen LogP contribution is 2.43. The average molecular weight is 409 g/mol. The van der Waals surface area contributed by atoms with Crippen molar-refractivity contribution in [2.45, 2.75) is 0 Å². The Labute approximate surface area is 181 Å². The highest BCUT2D eigenvalue weighted by atomic mass is 15.2. The van der Waals surface area contributed by atoms with Crippen LogP contribution in [0.3, 0.4) is 0 Å². The summed E-state index contributed by atoms with van der Waals surface area (Å²) in [7, 11) is 0. The zero-order valence-corrected chi connectivity index (χ0v) is 16.9. The predicted molar refractivity (Wildman–Crippen MR) is 129 cm³/mol. The van der Waals surface area contributed by atoms with Crippen molar-refractivity contribution in [2.75, 3.05) is 0 Å². The summed E-state index contributed by atoms with van der Waals surface area (Å²) < 4.78 is 4.58. The number of para-hydroxylation sites is 2. The second-order valence-corrected chi connectivity index (χ2v) is 8.20. The van der Waals surface area contributed by atoms with Crippen molar-refractivity contribution in [2.24, 2.45) is 0 Å². The van der Waals surface area contributed by atoms with Crippen molar-refractivity contribution < 1.29 is 0 Å². The number of nitrogens with zero attached hydrogens (tertiary/aromatic N) is 5. The molecule has 0 radical (unpaired) electrons. The Morgan fingerprint density at radius 2 is 1.09 bits per heavy atom. The van der Waals surface area contributed by atoms with Crippen molar-refractivity contribution in [3.8, 4) is 5.95 Å². The first kappa shape index (κ1) is 16.2. The zero-order valence-electron chi connectivity index (χ0n) is 16.9. The maximum atomic E-state index is 4.48. The van der Waals surface area contributed by atoms with Crippen LogP contribution < -0.4 is 0 Å². The lowest BCUT2D eigenvalue weighted by Crippen LogP contribution is -2.00. The molecule has 5 nitrogen and oxygen atoms in total. The van der Waals surface area contributed by atoms with Crippen molar-refractivity contribution in [1.29, 1.82) is 0 Å². The van der Waals surface area contributed by atoms with Gasteiger partial charge in [0, 0.05) is 26.9 Å². The molecule has 0 bridgehead atoms. The lowest BCUT2D eigenvalue weighted by Gasteiger charge is -2.06. The molecule has 8 aromatic rings. The van der Waals surface area contributed by atoms with Crippen LogP contribution in [0.2, 0.25) is 0 Å². The molecule has 0 aliphatic carbocycles. The van der Waals surface area contributed by atoms with Crippen LogP contribution in [0.4, 0.5) is 0 Å². The molecule has 0 aliphatic heterocycles. The van der Waals surface area contributed by atoms with Gasteiger partial charge in [0.1, 0.15) is 12.7 Å². The fourth-order valence-electron chi connectivity index (χ4n) is 5.55. The van der Waals surface area contributed by atoms with E-state index >= 15 is 0 Å². The summed E-state index contributed by atoms with van der Waals surface area (Å²) >= 11 is 0. The van der Waals surface area contributed by atoms with Crippen molar-refractivity contribution in [1.82, 2.24) is 23.9 Å². The molecule has 4 aromatic carbocycles. The van der Waals surface area contributed by atoms with Crippen molar-refractivity contribution >= 4 is 59.9 Å². The standard InChI is InChI=1S/C27H15N5/c1-2-10-20-16(6-1)18-8-3-9-19-17-7-4-11-21-24(17)25-22(31(20)26(18)19)12-5-13-23(25)32(21)27-29-14-28-15-30-27/h1-15H. The van der Waals surface area contributed by atoms with E-state index in [1.165, 1.54) is 48.9 Å². The van der Waals surface area contributed by atoms with Gasteiger partial charge >= 0.3 is 0 Å². The average Bonchev–Trinajstić information content (AvgIpc) is 3.33. The summed E-state index contributed by atoms with van der Waals surface area (Å²) in [5.41, 5.74) is 5.86. The first-order valence-corrected chi connectivity index (χ1v) is 10.6. The molecule has 4 heterocycles. The molecule has 8 rings (SSSR count). The topological polar surface area (TPSA) is 48.0 Å². The minimum Gasteiger partial charge on any atom is -0.308 e. The minimum atomic E-state index is 0.630. The second-order valence-electron chi connectivity index (χ2n) is 8.20. The van der Waals surface area contributed by atoms with Gasteiger partial charge in [-0.25, -0.2) is 15.0 Å². The number of benzene rings is 4. The van der Waals surface area contributed by atoms with Crippen LogP contribution in [0.5, 0.6) is 0 Å². The molecule has 0 fully saturated rings. The van der Waals surface area contributed by atoms with E-state index in [1.54, 1.807) is 12.7 Å². The first-order chi connectivity index (χ1) is 15.9. The summed E-state index contributed by atoms with van der Waals surface area (Å²) in [5, 5.41) is 7.49. The Kier molecular flexibility index (Phi) is 2.83.